The summed E-state index contributed by atoms with van der Waals surface area (Å²) in [5, 5.41) is 0. The Kier molecular flexibility index (Phi) is 4.12. The quantitative estimate of drug-likeness (QED) is 0.512. The maximum Gasteiger partial charge on any atom is 0.448 e. The number of allylic oxidation sites excluding steroid dienone is 1. The highest BCUT2D eigenvalue weighted by Crippen LogP contribution is 2.29. The number of alkyl halides is 3. The molecule has 72 valence electrons. The van der Waals surface area contributed by atoms with Crippen LogP contribution in [0.15, 0.2) is 11.9 Å². The predicted molar refractivity (Wildman–Crippen MR) is 30.3 cm³/mol. The van der Waals surface area contributed by atoms with E-state index in [0.717, 1.165) is 0 Å². The average Bonchev–Trinajstić information content (AvgIpc) is 2.67. The SMILES string of the molecule is C1CC1.FC(F)=C(F)C(F)(F)F. The van der Waals surface area contributed by atoms with E-state index in [4.69, 9.17) is 0 Å². The van der Waals surface area contributed by atoms with Crippen LogP contribution in [-0.2, 0) is 0 Å². The van der Waals surface area contributed by atoms with E-state index in [1.54, 1.807) is 0 Å². The molecule has 0 aromatic heterocycles. The molecule has 0 heterocycles. The van der Waals surface area contributed by atoms with Crippen LogP contribution in [0.25, 0.3) is 0 Å². The zero-order valence-corrected chi connectivity index (χ0v) is 5.89. The van der Waals surface area contributed by atoms with Gasteiger partial charge in [0, 0.05) is 0 Å². The van der Waals surface area contributed by atoms with Crippen LogP contribution in [0.2, 0.25) is 0 Å². The normalized spacial score (nSPS) is 14.5. The van der Waals surface area contributed by atoms with Crippen LogP contribution in [0.5, 0.6) is 0 Å². The van der Waals surface area contributed by atoms with E-state index in [1.165, 1.54) is 19.3 Å². The molecule has 0 saturated heterocycles. The number of hydrogen-bond donors (Lipinski definition) is 0. The predicted octanol–water partition coefficient (Wildman–Crippen LogP) is 3.80. The monoisotopic (exact) mass is 192 g/mol. The van der Waals surface area contributed by atoms with Crippen molar-refractivity contribution >= 4 is 0 Å². The van der Waals surface area contributed by atoms with Crippen molar-refractivity contribution in [3.8, 4) is 0 Å². The Labute approximate surface area is 64.9 Å². The Bertz CT molecular complexity index is 159. The van der Waals surface area contributed by atoms with Crippen molar-refractivity contribution in [3.05, 3.63) is 11.9 Å². The summed E-state index contributed by atoms with van der Waals surface area (Å²) in [5.41, 5.74) is 0. The van der Waals surface area contributed by atoms with Crippen molar-refractivity contribution < 1.29 is 26.3 Å². The molecule has 0 radical (unpaired) electrons. The summed E-state index contributed by atoms with van der Waals surface area (Å²) in [6.45, 7) is 0. The number of rotatable bonds is 0. The minimum atomic E-state index is -5.56. The minimum Gasteiger partial charge on any atom is -0.196 e. The number of hydrogen-bond acceptors (Lipinski definition) is 0. The van der Waals surface area contributed by atoms with Gasteiger partial charge in [-0.05, 0) is 0 Å². The van der Waals surface area contributed by atoms with Gasteiger partial charge in [-0.1, -0.05) is 19.3 Å². The van der Waals surface area contributed by atoms with Gasteiger partial charge in [-0.3, -0.25) is 0 Å². The molecule has 1 aliphatic carbocycles. The fourth-order valence-corrected chi connectivity index (χ4v) is 0.107. The van der Waals surface area contributed by atoms with E-state index in [0.29, 0.717) is 0 Å². The summed E-state index contributed by atoms with van der Waals surface area (Å²) >= 11 is 0. The van der Waals surface area contributed by atoms with Crippen LogP contribution in [0.1, 0.15) is 19.3 Å². The molecule has 0 amide bonds. The lowest BCUT2D eigenvalue weighted by molar-refractivity contribution is -0.113. The van der Waals surface area contributed by atoms with Gasteiger partial charge in [0.05, 0.1) is 0 Å². The Morgan fingerprint density at radius 1 is 0.833 bits per heavy atom. The molecule has 0 bridgehead atoms. The van der Waals surface area contributed by atoms with Gasteiger partial charge in [0.15, 0.2) is 0 Å². The van der Waals surface area contributed by atoms with Gasteiger partial charge in [0.2, 0.25) is 0 Å². The Morgan fingerprint density at radius 2 is 1.17 bits per heavy atom. The molecular weight excluding hydrogens is 186 g/mol. The van der Waals surface area contributed by atoms with Crippen LogP contribution in [0.3, 0.4) is 0 Å². The van der Waals surface area contributed by atoms with Gasteiger partial charge >= 0.3 is 12.3 Å². The van der Waals surface area contributed by atoms with Crippen LogP contribution in [-0.4, -0.2) is 6.18 Å². The van der Waals surface area contributed by atoms with Gasteiger partial charge in [0.25, 0.3) is 5.83 Å². The highest BCUT2D eigenvalue weighted by atomic mass is 19.4. The Morgan fingerprint density at radius 3 is 1.17 bits per heavy atom. The van der Waals surface area contributed by atoms with Crippen LogP contribution < -0.4 is 0 Å². The second-order valence-corrected chi connectivity index (χ2v) is 2.13. The molecule has 0 aliphatic heterocycles. The highest BCUT2D eigenvalue weighted by molar-refractivity contribution is 4.98. The maximum atomic E-state index is 11.0. The molecule has 1 rings (SSSR count). The van der Waals surface area contributed by atoms with Crippen molar-refractivity contribution in [1.82, 2.24) is 0 Å². The first-order chi connectivity index (χ1) is 5.35. The lowest BCUT2D eigenvalue weighted by atomic mass is 10.6. The largest absolute Gasteiger partial charge is 0.448 e. The zero-order chi connectivity index (χ0) is 9.78. The summed E-state index contributed by atoms with van der Waals surface area (Å²) in [5.74, 6) is -3.33. The molecule has 0 atom stereocenters. The van der Waals surface area contributed by atoms with Crippen LogP contribution in [0.4, 0.5) is 26.3 Å². The molecule has 0 N–H and O–H groups in total. The number of halogens is 6. The van der Waals surface area contributed by atoms with Crippen molar-refractivity contribution in [2.75, 3.05) is 0 Å². The van der Waals surface area contributed by atoms with E-state index in [1.807, 2.05) is 0 Å². The summed E-state index contributed by atoms with van der Waals surface area (Å²) in [6.07, 6.45) is -4.40. The maximum absolute atomic E-state index is 11.0. The Hall–Kier alpha value is -0.680. The third kappa shape index (κ3) is 6.06. The molecule has 12 heavy (non-hydrogen) atoms. The summed E-state index contributed by atoms with van der Waals surface area (Å²) in [6, 6.07) is 0. The van der Waals surface area contributed by atoms with Crippen molar-refractivity contribution in [2.24, 2.45) is 0 Å². The van der Waals surface area contributed by atoms with Gasteiger partial charge in [-0.25, -0.2) is 0 Å². The van der Waals surface area contributed by atoms with Gasteiger partial charge in [-0.15, -0.1) is 0 Å². The molecule has 0 aromatic rings. The first-order valence-corrected chi connectivity index (χ1v) is 3.13. The van der Waals surface area contributed by atoms with E-state index >= 15 is 0 Å². The molecule has 0 nitrogen and oxygen atoms in total. The second-order valence-electron chi connectivity index (χ2n) is 2.13. The van der Waals surface area contributed by atoms with E-state index in [9.17, 15) is 26.3 Å². The molecule has 6 heteroatoms. The lowest BCUT2D eigenvalue weighted by Gasteiger charge is -1.98. The third-order valence-corrected chi connectivity index (χ3v) is 0.768. The molecular formula is C6H6F6. The van der Waals surface area contributed by atoms with Crippen LogP contribution in [0, 0.1) is 0 Å². The second kappa shape index (κ2) is 4.37. The highest BCUT2D eigenvalue weighted by Gasteiger charge is 2.38. The topological polar surface area (TPSA) is 0 Å². The third-order valence-electron chi connectivity index (χ3n) is 0.768. The zero-order valence-electron chi connectivity index (χ0n) is 5.89. The van der Waals surface area contributed by atoms with Crippen molar-refractivity contribution in [3.63, 3.8) is 0 Å². The molecule has 1 saturated carbocycles. The van der Waals surface area contributed by atoms with Gasteiger partial charge in [-0.2, -0.15) is 26.3 Å². The first kappa shape index (κ1) is 11.3. The fourth-order valence-electron chi connectivity index (χ4n) is 0.107. The van der Waals surface area contributed by atoms with Gasteiger partial charge < -0.3 is 0 Å². The Balaban J connectivity index is 0.000000330. The van der Waals surface area contributed by atoms with E-state index < -0.39 is 18.1 Å². The van der Waals surface area contributed by atoms with Gasteiger partial charge in [0.1, 0.15) is 0 Å². The molecule has 0 spiro atoms. The van der Waals surface area contributed by atoms with Crippen LogP contribution >= 0.6 is 0 Å². The van der Waals surface area contributed by atoms with E-state index in [2.05, 4.69) is 0 Å². The fraction of sp³-hybridized carbons (Fsp3) is 0.667. The standard InChI is InChI=1S/C3F6.C3H6/c4-1(2(5)6)3(7,8)9;1-2-3-1/h;1-3H2. The summed E-state index contributed by atoms with van der Waals surface area (Å²) in [4.78, 5) is 0. The van der Waals surface area contributed by atoms with Crippen molar-refractivity contribution in [2.45, 2.75) is 25.4 Å². The molecule has 1 fully saturated rings. The average molecular weight is 192 g/mol. The first-order valence-electron chi connectivity index (χ1n) is 3.13. The van der Waals surface area contributed by atoms with E-state index in [-0.39, 0.29) is 0 Å². The molecule has 1 aliphatic rings. The molecule has 0 unspecified atom stereocenters. The smallest absolute Gasteiger partial charge is 0.196 e. The molecule has 0 aromatic carbocycles. The summed E-state index contributed by atoms with van der Waals surface area (Å²) in [7, 11) is 0. The van der Waals surface area contributed by atoms with Crippen molar-refractivity contribution in [1.29, 1.82) is 0 Å². The minimum absolute atomic E-state index is 1.50. The lowest BCUT2D eigenvalue weighted by Crippen LogP contribution is -2.08. The summed E-state index contributed by atoms with van der Waals surface area (Å²) < 4.78 is 64.8.